The van der Waals surface area contributed by atoms with Crippen LogP contribution in [0.25, 0.3) is 0 Å². The number of nitrogens with zero attached hydrogens (tertiary/aromatic N) is 1. The average molecular weight is 418 g/mol. The molecule has 2 amide bonds. The Morgan fingerprint density at radius 1 is 0.964 bits per heavy atom. The molecule has 1 rings (SSSR count). The molecule has 0 aromatic heterocycles. The van der Waals surface area contributed by atoms with Crippen molar-refractivity contribution in [1.82, 2.24) is 5.06 Å². The first-order valence-electron chi connectivity index (χ1n) is 9.40. The van der Waals surface area contributed by atoms with Crippen LogP contribution in [0.15, 0.2) is 0 Å². The first-order chi connectivity index (χ1) is 12.9. The van der Waals surface area contributed by atoms with Gasteiger partial charge in [-0.2, -0.15) is 0 Å². The van der Waals surface area contributed by atoms with Crippen LogP contribution in [0.5, 0.6) is 0 Å². The number of thioether (sulfide) groups is 1. The number of hydrogen-bond acceptors (Lipinski definition) is 8. The van der Waals surface area contributed by atoms with Crippen LogP contribution in [-0.2, 0) is 33.5 Å². The third-order valence-corrected chi connectivity index (χ3v) is 5.02. The van der Waals surface area contributed by atoms with Crippen molar-refractivity contribution in [3.63, 3.8) is 0 Å². The second kappa shape index (κ2) is 10.9. The number of hydroxylamine groups is 2. The summed E-state index contributed by atoms with van der Waals surface area (Å²) in [6.45, 7) is 9.93. The molecular weight excluding hydrogens is 386 g/mol. The summed E-state index contributed by atoms with van der Waals surface area (Å²) in [4.78, 5) is 50.6. The van der Waals surface area contributed by atoms with Crippen LogP contribution in [0, 0.1) is 0 Å². The van der Waals surface area contributed by atoms with Crippen molar-refractivity contribution >= 4 is 34.7 Å². The van der Waals surface area contributed by atoms with Gasteiger partial charge in [0, 0.05) is 25.5 Å². The summed E-state index contributed by atoms with van der Waals surface area (Å²) in [5, 5.41) is 0.647. The highest BCUT2D eigenvalue weighted by molar-refractivity contribution is 8.13. The summed E-state index contributed by atoms with van der Waals surface area (Å²) in [7, 11) is 0. The highest BCUT2D eigenvalue weighted by atomic mass is 32.2. The lowest BCUT2D eigenvalue weighted by Gasteiger charge is -2.28. The van der Waals surface area contributed by atoms with Gasteiger partial charge in [0.15, 0.2) is 5.12 Å². The predicted octanol–water partition coefficient (Wildman–Crippen LogP) is 2.63. The molecule has 0 saturated carbocycles. The molecule has 160 valence electrons. The van der Waals surface area contributed by atoms with Crippen LogP contribution in [-0.4, -0.2) is 58.1 Å². The third kappa shape index (κ3) is 9.66. The fourth-order valence-electron chi connectivity index (χ4n) is 2.43. The van der Waals surface area contributed by atoms with Gasteiger partial charge in [-0.05, 0) is 40.5 Å². The maximum absolute atomic E-state index is 11.9. The van der Waals surface area contributed by atoms with Crippen LogP contribution in [0.3, 0.4) is 0 Å². The highest BCUT2D eigenvalue weighted by Gasteiger charge is 2.33. The Kier molecular flexibility index (Phi) is 9.59. The normalized spacial score (nSPS) is 15.2. The summed E-state index contributed by atoms with van der Waals surface area (Å²) in [5.74, 6) is -0.912. The lowest BCUT2D eigenvalue weighted by atomic mass is 10.0. The molecule has 9 heteroatoms. The molecule has 0 unspecified atom stereocenters. The second-order valence-corrected chi connectivity index (χ2v) is 9.12. The summed E-state index contributed by atoms with van der Waals surface area (Å²) >= 11 is 1.28. The van der Waals surface area contributed by atoms with Crippen molar-refractivity contribution in [2.75, 3.05) is 19.0 Å². The maximum Gasteiger partial charge on any atom is 0.333 e. The molecule has 1 aliphatic heterocycles. The van der Waals surface area contributed by atoms with Gasteiger partial charge in [0.05, 0.1) is 30.8 Å². The minimum Gasteiger partial charge on any atom is -0.373 e. The molecule has 0 N–H and O–H groups in total. The first kappa shape index (κ1) is 24.6. The monoisotopic (exact) mass is 417 g/mol. The average Bonchev–Trinajstić information content (AvgIpc) is 2.88. The van der Waals surface area contributed by atoms with Gasteiger partial charge >= 0.3 is 5.97 Å². The Labute approximate surface area is 170 Å². The molecule has 0 aromatic carbocycles. The molecule has 0 atom stereocenters. The molecule has 0 aliphatic carbocycles. The molecule has 0 radical (unpaired) electrons. The predicted molar refractivity (Wildman–Crippen MR) is 104 cm³/mol. The Balaban J connectivity index is 2.24. The van der Waals surface area contributed by atoms with E-state index in [-0.39, 0.29) is 30.0 Å². The number of hydrogen-bond donors (Lipinski definition) is 0. The smallest absolute Gasteiger partial charge is 0.333 e. The van der Waals surface area contributed by atoms with Crippen LogP contribution in [0.4, 0.5) is 0 Å². The maximum atomic E-state index is 11.9. The summed E-state index contributed by atoms with van der Waals surface area (Å²) in [5.41, 5.74) is -0.940. The summed E-state index contributed by atoms with van der Waals surface area (Å²) in [6, 6.07) is 0. The third-order valence-electron chi connectivity index (χ3n) is 4.21. The fraction of sp³-hybridized carbons (Fsp3) is 0.789. The lowest BCUT2D eigenvalue weighted by molar-refractivity contribution is -0.198. The molecule has 0 spiro atoms. The fourth-order valence-corrected chi connectivity index (χ4v) is 3.31. The van der Waals surface area contributed by atoms with E-state index in [0.717, 1.165) is 6.42 Å². The lowest BCUT2D eigenvalue weighted by Crippen LogP contribution is -2.34. The Bertz CT molecular complexity index is 573. The summed E-state index contributed by atoms with van der Waals surface area (Å²) < 4.78 is 11.6. The molecule has 1 saturated heterocycles. The Morgan fingerprint density at radius 2 is 1.46 bits per heavy atom. The van der Waals surface area contributed by atoms with E-state index in [4.69, 9.17) is 14.3 Å². The van der Waals surface area contributed by atoms with Crippen LogP contribution >= 0.6 is 11.8 Å². The minimum atomic E-state index is -0.638. The zero-order valence-electron chi connectivity index (χ0n) is 17.4. The van der Waals surface area contributed by atoms with Crippen molar-refractivity contribution in [2.24, 2.45) is 0 Å². The highest BCUT2D eigenvalue weighted by Crippen LogP contribution is 2.21. The van der Waals surface area contributed by atoms with Crippen molar-refractivity contribution in [2.45, 2.75) is 77.9 Å². The van der Waals surface area contributed by atoms with Gasteiger partial charge in [-0.15, -0.1) is 5.06 Å². The number of rotatable bonds is 12. The Morgan fingerprint density at radius 3 is 1.96 bits per heavy atom. The van der Waals surface area contributed by atoms with E-state index in [1.807, 2.05) is 27.7 Å². The van der Waals surface area contributed by atoms with E-state index in [0.29, 0.717) is 30.5 Å². The molecular formula is C19H31NO7S. The van der Waals surface area contributed by atoms with E-state index in [9.17, 15) is 19.2 Å². The minimum absolute atomic E-state index is 0.0265. The first-order valence-corrected chi connectivity index (χ1v) is 10.4. The van der Waals surface area contributed by atoms with Gasteiger partial charge in [0.1, 0.15) is 0 Å². The van der Waals surface area contributed by atoms with E-state index < -0.39 is 23.4 Å². The van der Waals surface area contributed by atoms with Crippen molar-refractivity contribution in [3.05, 3.63) is 0 Å². The zero-order chi connectivity index (χ0) is 21.4. The molecule has 0 aromatic rings. The Hall–Kier alpha value is -1.45. The molecule has 1 aliphatic rings. The molecule has 0 bridgehead atoms. The summed E-state index contributed by atoms with van der Waals surface area (Å²) in [6.07, 6.45) is 1.30. The molecule has 1 fully saturated rings. The van der Waals surface area contributed by atoms with Gasteiger partial charge < -0.3 is 14.3 Å². The number of amides is 2. The van der Waals surface area contributed by atoms with Gasteiger partial charge in [0.2, 0.25) is 0 Å². The van der Waals surface area contributed by atoms with E-state index in [1.165, 1.54) is 11.8 Å². The standard InChI is InChI=1S/C19H31NO7S/c1-14(21)28-13-10-19(4,5)26-12-11-25-18(2,3)9-8-17(24)27-20-15(22)6-7-16(20)23/h6-13H2,1-5H3. The number of ether oxygens (including phenoxy) is 2. The largest absolute Gasteiger partial charge is 0.373 e. The van der Waals surface area contributed by atoms with Crippen LogP contribution in [0.1, 0.15) is 66.7 Å². The number of carbonyl (C=O) groups is 4. The molecule has 28 heavy (non-hydrogen) atoms. The van der Waals surface area contributed by atoms with Crippen molar-refractivity contribution in [3.8, 4) is 0 Å². The number of carbonyl (C=O) groups excluding carboxylic acids is 4. The number of imide groups is 1. The quantitative estimate of drug-likeness (QED) is 0.353. The topological polar surface area (TPSA) is 99.2 Å². The molecule has 8 nitrogen and oxygen atoms in total. The van der Waals surface area contributed by atoms with Gasteiger partial charge in [-0.3, -0.25) is 14.4 Å². The van der Waals surface area contributed by atoms with Gasteiger partial charge in [-0.25, -0.2) is 4.79 Å². The van der Waals surface area contributed by atoms with Gasteiger partial charge in [0.25, 0.3) is 11.8 Å². The van der Waals surface area contributed by atoms with Crippen LogP contribution in [0.2, 0.25) is 0 Å². The SMILES string of the molecule is CC(=O)SCCC(C)(C)OCCOC(C)(C)CCC(=O)ON1C(=O)CCC1=O. The second-order valence-electron chi connectivity index (χ2n) is 7.85. The molecule has 1 heterocycles. The van der Waals surface area contributed by atoms with E-state index in [1.54, 1.807) is 6.92 Å². The van der Waals surface area contributed by atoms with Crippen molar-refractivity contribution in [1.29, 1.82) is 0 Å². The van der Waals surface area contributed by atoms with Crippen molar-refractivity contribution < 1.29 is 33.5 Å². The zero-order valence-corrected chi connectivity index (χ0v) is 18.2. The van der Waals surface area contributed by atoms with Crippen LogP contribution < -0.4 is 0 Å². The van der Waals surface area contributed by atoms with E-state index >= 15 is 0 Å². The van der Waals surface area contributed by atoms with E-state index in [2.05, 4.69) is 0 Å². The van der Waals surface area contributed by atoms with Gasteiger partial charge in [-0.1, -0.05) is 11.8 Å².